The Morgan fingerprint density at radius 2 is 1.74 bits per heavy atom. The number of nitrogens with zero attached hydrogens (tertiary/aromatic N) is 2. The largest absolute Gasteiger partial charge is 0.544 e. The highest BCUT2D eigenvalue weighted by Crippen LogP contribution is 2.27. The maximum Gasteiger partial charge on any atom is 0.242 e. The zero-order valence-electron chi connectivity index (χ0n) is 14.0. The van der Waals surface area contributed by atoms with Crippen LogP contribution in [0.5, 0.6) is 5.75 Å². The molecule has 1 aliphatic rings. The highest BCUT2D eigenvalue weighted by molar-refractivity contribution is 6.70. The van der Waals surface area contributed by atoms with Gasteiger partial charge >= 0.3 is 0 Å². The topological polar surface area (TPSA) is 48.3 Å². The molecule has 1 fully saturated rings. The Kier molecular flexibility index (Phi) is 9.82. The maximum atomic E-state index is 9.12. The first kappa shape index (κ1) is 22.2. The molecule has 2 rings (SSSR count). The van der Waals surface area contributed by atoms with Gasteiger partial charge in [-0.1, -0.05) is 12.1 Å². The fourth-order valence-corrected chi connectivity index (χ4v) is 3.49. The molecule has 0 spiro atoms. The van der Waals surface area contributed by atoms with Crippen LogP contribution in [0.2, 0.25) is 19.6 Å². The number of rotatable bonds is 5. The molecule has 7 heteroatoms. The summed E-state index contributed by atoms with van der Waals surface area (Å²) in [5.74, 6) is 0.939. The SMILES string of the molecule is C[Si](C)(C)Oc1ccc([C@@H](CC#N)N2CCNCC2)cc1.Cl.Cl. The van der Waals surface area contributed by atoms with E-state index < -0.39 is 8.32 Å². The van der Waals surface area contributed by atoms with Crippen molar-refractivity contribution in [3.63, 3.8) is 0 Å². The summed E-state index contributed by atoms with van der Waals surface area (Å²) in [6.07, 6.45) is 0.536. The van der Waals surface area contributed by atoms with Gasteiger partial charge in [0, 0.05) is 32.2 Å². The van der Waals surface area contributed by atoms with Gasteiger partial charge in [0.05, 0.1) is 12.5 Å². The van der Waals surface area contributed by atoms with E-state index in [4.69, 9.17) is 9.69 Å². The van der Waals surface area contributed by atoms with E-state index in [-0.39, 0.29) is 30.9 Å². The number of hydrogen-bond donors (Lipinski definition) is 1. The normalized spacial score (nSPS) is 16.4. The number of nitrogens with one attached hydrogen (secondary N) is 1. The van der Waals surface area contributed by atoms with Gasteiger partial charge in [-0.05, 0) is 37.3 Å². The predicted molar refractivity (Wildman–Crippen MR) is 102 cm³/mol. The second-order valence-electron chi connectivity index (χ2n) is 6.45. The van der Waals surface area contributed by atoms with Gasteiger partial charge in [-0.25, -0.2) is 0 Å². The van der Waals surface area contributed by atoms with Crippen molar-refractivity contribution in [1.29, 1.82) is 5.26 Å². The van der Waals surface area contributed by atoms with Gasteiger partial charge in [0.1, 0.15) is 5.75 Å². The first-order valence-corrected chi connectivity index (χ1v) is 11.0. The van der Waals surface area contributed by atoms with Gasteiger partial charge in [0.25, 0.3) is 0 Å². The Hall–Kier alpha value is -0.773. The molecule has 1 saturated heterocycles. The summed E-state index contributed by atoms with van der Waals surface area (Å²) in [6, 6.07) is 10.8. The van der Waals surface area contributed by atoms with Crippen LogP contribution in [0.15, 0.2) is 24.3 Å². The van der Waals surface area contributed by atoms with Crippen molar-refractivity contribution in [3.8, 4) is 11.8 Å². The minimum absolute atomic E-state index is 0. The molecule has 1 heterocycles. The van der Waals surface area contributed by atoms with Crippen molar-refractivity contribution in [2.45, 2.75) is 32.1 Å². The van der Waals surface area contributed by atoms with E-state index in [1.54, 1.807) is 0 Å². The second kappa shape index (κ2) is 10.2. The molecule has 1 N–H and O–H groups in total. The summed E-state index contributed by atoms with van der Waals surface area (Å²) < 4.78 is 5.99. The molecule has 0 saturated carbocycles. The van der Waals surface area contributed by atoms with E-state index in [2.05, 4.69) is 48.1 Å². The van der Waals surface area contributed by atoms with Crippen LogP contribution in [0, 0.1) is 11.3 Å². The monoisotopic (exact) mass is 375 g/mol. The van der Waals surface area contributed by atoms with Gasteiger partial charge in [-0.2, -0.15) is 5.26 Å². The molecule has 0 bridgehead atoms. The molecule has 1 aromatic carbocycles. The van der Waals surface area contributed by atoms with Gasteiger partial charge < -0.3 is 9.74 Å². The van der Waals surface area contributed by atoms with Crippen molar-refractivity contribution < 1.29 is 4.43 Å². The van der Waals surface area contributed by atoms with Crippen molar-refractivity contribution in [2.24, 2.45) is 0 Å². The van der Waals surface area contributed by atoms with Gasteiger partial charge in [0.2, 0.25) is 8.32 Å². The maximum absolute atomic E-state index is 9.12. The van der Waals surface area contributed by atoms with Crippen LogP contribution in [0.3, 0.4) is 0 Å². The van der Waals surface area contributed by atoms with Gasteiger partial charge in [0.15, 0.2) is 0 Å². The van der Waals surface area contributed by atoms with E-state index in [1.165, 1.54) is 5.56 Å². The van der Waals surface area contributed by atoms with Crippen LogP contribution in [-0.2, 0) is 0 Å². The van der Waals surface area contributed by atoms with Crippen LogP contribution in [0.4, 0.5) is 0 Å². The zero-order valence-corrected chi connectivity index (χ0v) is 16.7. The smallest absolute Gasteiger partial charge is 0.242 e. The van der Waals surface area contributed by atoms with E-state index in [0.717, 1.165) is 31.9 Å². The fourth-order valence-electron chi connectivity index (χ4n) is 2.65. The molecule has 1 aliphatic heterocycles. The summed E-state index contributed by atoms with van der Waals surface area (Å²) in [7, 11) is -1.56. The van der Waals surface area contributed by atoms with Crippen LogP contribution < -0.4 is 9.74 Å². The number of halogens is 2. The van der Waals surface area contributed by atoms with Crippen molar-refractivity contribution in [3.05, 3.63) is 29.8 Å². The summed E-state index contributed by atoms with van der Waals surface area (Å²) in [4.78, 5) is 2.40. The van der Waals surface area contributed by atoms with E-state index >= 15 is 0 Å². The highest BCUT2D eigenvalue weighted by Gasteiger charge is 2.22. The molecule has 1 aromatic rings. The zero-order chi connectivity index (χ0) is 15.3. The molecule has 1 atom stereocenters. The molecular weight excluding hydrogens is 349 g/mol. The Balaban J connectivity index is 0.00000242. The molecule has 0 aromatic heterocycles. The number of piperazine rings is 1. The third-order valence-electron chi connectivity index (χ3n) is 3.57. The summed E-state index contributed by atoms with van der Waals surface area (Å²) in [5, 5.41) is 12.5. The molecule has 130 valence electrons. The van der Waals surface area contributed by atoms with E-state index in [0.29, 0.717) is 6.42 Å². The summed E-state index contributed by atoms with van der Waals surface area (Å²) in [5.41, 5.74) is 1.21. The molecule has 0 radical (unpaired) electrons. The number of hydrogen-bond acceptors (Lipinski definition) is 4. The Morgan fingerprint density at radius 1 is 1.17 bits per heavy atom. The molecule has 0 unspecified atom stereocenters. The second-order valence-corrected chi connectivity index (χ2v) is 10.9. The molecule has 0 aliphatic carbocycles. The lowest BCUT2D eigenvalue weighted by atomic mass is 10.0. The van der Waals surface area contributed by atoms with Crippen molar-refractivity contribution in [2.75, 3.05) is 26.2 Å². The van der Waals surface area contributed by atoms with Crippen molar-refractivity contribution >= 4 is 33.1 Å². The Morgan fingerprint density at radius 3 is 2.22 bits per heavy atom. The minimum atomic E-state index is -1.56. The van der Waals surface area contributed by atoms with Gasteiger partial charge in [-0.3, -0.25) is 4.90 Å². The van der Waals surface area contributed by atoms with Crippen LogP contribution in [0.25, 0.3) is 0 Å². The molecule has 23 heavy (non-hydrogen) atoms. The third kappa shape index (κ3) is 7.11. The molecule has 4 nitrogen and oxygen atoms in total. The quantitative estimate of drug-likeness (QED) is 0.798. The molecular formula is C16H27Cl2N3OSi. The predicted octanol–water partition coefficient (Wildman–Crippen LogP) is 3.60. The van der Waals surface area contributed by atoms with E-state index in [1.807, 2.05) is 12.1 Å². The fraction of sp³-hybridized carbons (Fsp3) is 0.562. The average molecular weight is 376 g/mol. The third-order valence-corrected chi connectivity index (χ3v) is 4.41. The minimum Gasteiger partial charge on any atom is -0.544 e. The van der Waals surface area contributed by atoms with Crippen molar-refractivity contribution in [1.82, 2.24) is 10.2 Å². The summed E-state index contributed by atoms with van der Waals surface area (Å²) in [6.45, 7) is 10.5. The first-order valence-electron chi connectivity index (χ1n) is 7.60. The average Bonchev–Trinajstić information content (AvgIpc) is 2.45. The number of nitriles is 1. The lowest BCUT2D eigenvalue weighted by Crippen LogP contribution is -2.45. The Labute approximate surface area is 153 Å². The van der Waals surface area contributed by atoms with Crippen LogP contribution >= 0.6 is 24.8 Å². The first-order chi connectivity index (χ1) is 9.99. The Bertz CT molecular complexity index is 494. The standard InChI is InChI=1S/C16H25N3OSi.2ClH/c1-21(2,3)20-15-6-4-14(5-7-15)16(8-9-17)19-12-10-18-11-13-19;;/h4-7,16,18H,8,10-13H2,1-3H3;2*1H/t16-;;/m1../s1. The van der Waals surface area contributed by atoms with E-state index in [9.17, 15) is 0 Å². The van der Waals surface area contributed by atoms with Gasteiger partial charge in [-0.15, -0.1) is 24.8 Å². The molecule has 0 amide bonds. The van der Waals surface area contributed by atoms with Crippen LogP contribution in [-0.4, -0.2) is 39.4 Å². The lowest BCUT2D eigenvalue weighted by Gasteiger charge is -2.34. The lowest BCUT2D eigenvalue weighted by molar-refractivity contribution is 0.175. The summed E-state index contributed by atoms with van der Waals surface area (Å²) >= 11 is 0. The van der Waals surface area contributed by atoms with Crippen LogP contribution in [0.1, 0.15) is 18.0 Å². The highest BCUT2D eigenvalue weighted by atomic mass is 35.5. The number of benzene rings is 1.